The summed E-state index contributed by atoms with van der Waals surface area (Å²) in [6.45, 7) is 2.07. The Morgan fingerprint density at radius 1 is 1.27 bits per heavy atom. The SMILES string of the molecule is CN1CCCC(Oc2cccc(-c3cccc(C=O)c3)n2)C1. The van der Waals surface area contributed by atoms with E-state index in [0.29, 0.717) is 11.4 Å². The number of benzene rings is 1. The molecule has 4 heteroatoms. The molecule has 1 unspecified atom stereocenters. The molecule has 1 atom stereocenters. The van der Waals surface area contributed by atoms with Crippen LogP contribution in [-0.2, 0) is 0 Å². The third-order valence-electron chi connectivity index (χ3n) is 3.91. The van der Waals surface area contributed by atoms with Crippen LogP contribution in [-0.4, -0.2) is 42.4 Å². The topological polar surface area (TPSA) is 42.4 Å². The molecule has 0 radical (unpaired) electrons. The molecule has 0 bridgehead atoms. The Hall–Kier alpha value is -2.20. The van der Waals surface area contributed by atoms with Crippen molar-refractivity contribution in [1.82, 2.24) is 9.88 Å². The van der Waals surface area contributed by atoms with Gasteiger partial charge in [0.2, 0.25) is 5.88 Å². The van der Waals surface area contributed by atoms with Gasteiger partial charge in [-0.3, -0.25) is 4.79 Å². The largest absolute Gasteiger partial charge is 0.473 e. The smallest absolute Gasteiger partial charge is 0.214 e. The van der Waals surface area contributed by atoms with Crippen LogP contribution in [0.1, 0.15) is 23.2 Å². The Morgan fingerprint density at radius 3 is 2.95 bits per heavy atom. The summed E-state index contributed by atoms with van der Waals surface area (Å²) in [4.78, 5) is 17.8. The van der Waals surface area contributed by atoms with Crippen LogP contribution in [0.3, 0.4) is 0 Å². The Bertz CT molecular complexity index is 657. The van der Waals surface area contributed by atoms with Crippen LogP contribution in [0.4, 0.5) is 0 Å². The zero-order chi connectivity index (χ0) is 15.4. The fourth-order valence-electron chi connectivity index (χ4n) is 2.80. The number of ether oxygens (including phenoxy) is 1. The molecule has 1 aliphatic rings. The number of carbonyl (C=O) groups is 1. The molecule has 0 N–H and O–H groups in total. The summed E-state index contributed by atoms with van der Waals surface area (Å²) in [6.07, 6.45) is 3.27. The fraction of sp³-hybridized carbons (Fsp3) is 0.333. The molecule has 0 amide bonds. The predicted octanol–water partition coefficient (Wildman–Crippen LogP) is 3.03. The molecule has 22 heavy (non-hydrogen) atoms. The van der Waals surface area contributed by atoms with Crippen molar-refractivity contribution in [1.29, 1.82) is 0 Å². The van der Waals surface area contributed by atoms with Gasteiger partial charge >= 0.3 is 0 Å². The van der Waals surface area contributed by atoms with Gasteiger partial charge in [0.25, 0.3) is 0 Å². The van der Waals surface area contributed by atoms with Gasteiger partial charge in [-0.05, 0) is 38.6 Å². The van der Waals surface area contributed by atoms with Crippen molar-refractivity contribution in [3.8, 4) is 17.1 Å². The van der Waals surface area contributed by atoms with Gasteiger partial charge < -0.3 is 9.64 Å². The molecule has 0 spiro atoms. The molecule has 3 rings (SSSR count). The van der Waals surface area contributed by atoms with Crippen LogP contribution in [0.5, 0.6) is 5.88 Å². The number of piperidine rings is 1. The van der Waals surface area contributed by atoms with Crippen LogP contribution in [0.25, 0.3) is 11.3 Å². The first kappa shape index (κ1) is 14.7. The van der Waals surface area contributed by atoms with E-state index < -0.39 is 0 Å². The second-order valence-corrected chi connectivity index (χ2v) is 5.75. The maximum Gasteiger partial charge on any atom is 0.214 e. The van der Waals surface area contributed by atoms with E-state index in [-0.39, 0.29) is 6.10 Å². The average Bonchev–Trinajstić information content (AvgIpc) is 2.55. The lowest BCUT2D eigenvalue weighted by molar-refractivity contribution is 0.100. The van der Waals surface area contributed by atoms with Crippen LogP contribution >= 0.6 is 0 Å². The first-order valence-electron chi connectivity index (χ1n) is 7.62. The molecule has 114 valence electrons. The zero-order valence-corrected chi connectivity index (χ0v) is 12.7. The van der Waals surface area contributed by atoms with Crippen molar-refractivity contribution in [3.63, 3.8) is 0 Å². The molecular formula is C18H20N2O2. The Labute approximate surface area is 130 Å². The van der Waals surface area contributed by atoms with Crippen molar-refractivity contribution >= 4 is 6.29 Å². The highest BCUT2D eigenvalue weighted by molar-refractivity contribution is 5.78. The number of pyridine rings is 1. The van der Waals surface area contributed by atoms with E-state index >= 15 is 0 Å². The number of hydrogen-bond donors (Lipinski definition) is 0. The first-order chi connectivity index (χ1) is 10.7. The minimum Gasteiger partial charge on any atom is -0.473 e. The highest BCUT2D eigenvalue weighted by Crippen LogP contribution is 2.22. The number of rotatable bonds is 4. The van der Waals surface area contributed by atoms with Crippen LogP contribution in [0.2, 0.25) is 0 Å². The number of carbonyl (C=O) groups excluding carboxylic acids is 1. The van der Waals surface area contributed by atoms with Crippen molar-refractivity contribution in [2.75, 3.05) is 20.1 Å². The molecule has 2 aromatic rings. The molecular weight excluding hydrogens is 276 g/mol. The van der Waals surface area contributed by atoms with E-state index in [2.05, 4.69) is 16.9 Å². The third-order valence-corrected chi connectivity index (χ3v) is 3.91. The summed E-state index contributed by atoms with van der Waals surface area (Å²) in [5, 5.41) is 0. The predicted molar refractivity (Wildman–Crippen MR) is 86.2 cm³/mol. The molecule has 1 aliphatic heterocycles. The van der Waals surface area contributed by atoms with Crippen molar-refractivity contribution in [3.05, 3.63) is 48.0 Å². The molecule has 0 aliphatic carbocycles. The first-order valence-corrected chi connectivity index (χ1v) is 7.62. The van der Waals surface area contributed by atoms with Gasteiger partial charge in [0.05, 0.1) is 5.69 Å². The van der Waals surface area contributed by atoms with Gasteiger partial charge in [0.1, 0.15) is 12.4 Å². The third kappa shape index (κ3) is 3.52. The van der Waals surface area contributed by atoms with Gasteiger partial charge in [0, 0.05) is 23.7 Å². The minimum absolute atomic E-state index is 0.197. The van der Waals surface area contributed by atoms with Gasteiger partial charge in [-0.15, -0.1) is 0 Å². The summed E-state index contributed by atoms with van der Waals surface area (Å²) in [7, 11) is 2.12. The average molecular weight is 296 g/mol. The van der Waals surface area contributed by atoms with Crippen LogP contribution < -0.4 is 4.74 Å². The number of hydrogen-bond acceptors (Lipinski definition) is 4. The van der Waals surface area contributed by atoms with E-state index in [1.165, 1.54) is 0 Å². The summed E-state index contributed by atoms with van der Waals surface area (Å²) in [5.74, 6) is 0.648. The Kier molecular flexibility index (Phi) is 4.49. The van der Waals surface area contributed by atoms with Gasteiger partial charge in [0.15, 0.2) is 0 Å². The highest BCUT2D eigenvalue weighted by atomic mass is 16.5. The minimum atomic E-state index is 0.197. The van der Waals surface area contributed by atoms with Gasteiger partial charge in [-0.2, -0.15) is 0 Å². The lowest BCUT2D eigenvalue weighted by Crippen LogP contribution is -2.38. The fourth-order valence-corrected chi connectivity index (χ4v) is 2.80. The number of aromatic nitrogens is 1. The monoisotopic (exact) mass is 296 g/mol. The molecule has 4 nitrogen and oxygen atoms in total. The van der Waals surface area contributed by atoms with Crippen molar-refractivity contribution in [2.45, 2.75) is 18.9 Å². The van der Waals surface area contributed by atoms with E-state index in [1.54, 1.807) is 6.07 Å². The summed E-state index contributed by atoms with van der Waals surface area (Å²) in [6, 6.07) is 13.2. The Morgan fingerprint density at radius 2 is 2.14 bits per heavy atom. The van der Waals surface area contributed by atoms with E-state index in [4.69, 9.17) is 4.74 Å². The van der Waals surface area contributed by atoms with Crippen molar-refractivity contribution < 1.29 is 9.53 Å². The number of aldehydes is 1. The van der Waals surface area contributed by atoms with E-state index in [9.17, 15) is 4.79 Å². The lowest BCUT2D eigenvalue weighted by atomic mass is 10.1. The second-order valence-electron chi connectivity index (χ2n) is 5.75. The maximum atomic E-state index is 10.9. The molecule has 0 saturated carbocycles. The molecule has 1 aromatic heterocycles. The zero-order valence-electron chi connectivity index (χ0n) is 12.7. The summed E-state index contributed by atoms with van der Waals surface area (Å²) in [5.41, 5.74) is 2.40. The summed E-state index contributed by atoms with van der Waals surface area (Å²) < 4.78 is 6.02. The Balaban J connectivity index is 1.78. The van der Waals surface area contributed by atoms with E-state index in [1.807, 2.05) is 36.4 Å². The molecule has 1 saturated heterocycles. The molecule has 1 fully saturated rings. The van der Waals surface area contributed by atoms with Crippen LogP contribution in [0.15, 0.2) is 42.5 Å². The van der Waals surface area contributed by atoms with Gasteiger partial charge in [-0.1, -0.05) is 24.3 Å². The standard InChI is InChI=1S/C18H20N2O2/c1-20-10-4-7-16(12-20)22-18-9-3-8-17(19-18)15-6-2-5-14(11-15)13-21/h2-3,5-6,8-9,11,13,16H,4,7,10,12H2,1H3. The van der Waals surface area contributed by atoms with E-state index in [0.717, 1.165) is 43.5 Å². The highest BCUT2D eigenvalue weighted by Gasteiger charge is 2.19. The van der Waals surface area contributed by atoms with Crippen LogP contribution in [0, 0.1) is 0 Å². The van der Waals surface area contributed by atoms with Gasteiger partial charge in [-0.25, -0.2) is 4.98 Å². The lowest BCUT2D eigenvalue weighted by Gasteiger charge is -2.29. The summed E-state index contributed by atoms with van der Waals surface area (Å²) >= 11 is 0. The second kappa shape index (κ2) is 6.71. The maximum absolute atomic E-state index is 10.9. The quantitative estimate of drug-likeness (QED) is 0.813. The normalized spacial score (nSPS) is 18.9. The molecule has 1 aromatic carbocycles. The number of nitrogens with zero attached hydrogens (tertiary/aromatic N) is 2. The molecule has 2 heterocycles. The van der Waals surface area contributed by atoms with Crippen molar-refractivity contribution in [2.24, 2.45) is 0 Å². The number of likely N-dealkylation sites (tertiary alicyclic amines) is 1. The number of likely N-dealkylation sites (N-methyl/N-ethyl adjacent to an activating group) is 1.